The van der Waals surface area contributed by atoms with E-state index in [1.54, 1.807) is 10.6 Å². The molecule has 0 aliphatic heterocycles. The summed E-state index contributed by atoms with van der Waals surface area (Å²) in [6.07, 6.45) is 6.89. The number of alkyl halides is 3. The van der Waals surface area contributed by atoms with E-state index in [-0.39, 0.29) is 24.0 Å². The Balaban J connectivity index is 1.16. The fraction of sp³-hybridized carbons (Fsp3) is 0.452. The van der Waals surface area contributed by atoms with Gasteiger partial charge in [0, 0.05) is 38.4 Å². The zero-order valence-electron chi connectivity index (χ0n) is 23.9. The quantitative estimate of drug-likeness (QED) is 0.257. The molecule has 43 heavy (non-hydrogen) atoms. The normalized spacial score (nSPS) is 22.3. The van der Waals surface area contributed by atoms with Gasteiger partial charge in [-0.15, -0.1) is 13.2 Å². The fourth-order valence-corrected chi connectivity index (χ4v) is 6.71. The summed E-state index contributed by atoms with van der Waals surface area (Å²) in [4.78, 5) is 30.7. The van der Waals surface area contributed by atoms with Crippen molar-refractivity contribution in [1.29, 1.82) is 0 Å². The molecule has 8 nitrogen and oxygen atoms in total. The van der Waals surface area contributed by atoms with Crippen molar-refractivity contribution in [1.82, 2.24) is 14.7 Å². The zero-order chi connectivity index (χ0) is 30.6. The number of ether oxygens (including phenoxy) is 3. The lowest BCUT2D eigenvalue weighted by Crippen LogP contribution is -2.35. The highest BCUT2D eigenvalue weighted by atomic mass is 32.1. The van der Waals surface area contributed by atoms with Crippen LogP contribution in [0.2, 0.25) is 0 Å². The highest BCUT2D eigenvalue weighted by Gasteiger charge is 2.33. The molecule has 0 saturated heterocycles. The average Bonchev–Trinajstić information content (AvgIpc) is 3.56. The second-order valence-electron chi connectivity index (χ2n) is 10.8. The van der Waals surface area contributed by atoms with Gasteiger partial charge in [0.25, 0.3) is 5.91 Å². The molecule has 1 N–H and O–H groups in total. The summed E-state index contributed by atoms with van der Waals surface area (Å²) < 4.78 is 54.1. The van der Waals surface area contributed by atoms with Crippen LogP contribution in [0.5, 0.6) is 0 Å². The summed E-state index contributed by atoms with van der Waals surface area (Å²) in [7, 11) is 1.45. The van der Waals surface area contributed by atoms with Gasteiger partial charge in [-0.05, 0) is 67.7 Å². The van der Waals surface area contributed by atoms with Crippen molar-refractivity contribution in [3.05, 3.63) is 71.9 Å². The van der Waals surface area contributed by atoms with Crippen LogP contribution >= 0.6 is 11.3 Å². The molecule has 2 aromatic heterocycles. The van der Waals surface area contributed by atoms with E-state index in [2.05, 4.69) is 39.3 Å². The predicted molar refractivity (Wildman–Crippen MR) is 155 cm³/mol. The van der Waals surface area contributed by atoms with Crippen LogP contribution in [0.1, 0.15) is 61.0 Å². The highest BCUT2D eigenvalue weighted by Crippen LogP contribution is 2.38. The van der Waals surface area contributed by atoms with Crippen LogP contribution in [0, 0.1) is 11.8 Å². The van der Waals surface area contributed by atoms with Crippen molar-refractivity contribution >= 4 is 28.2 Å². The van der Waals surface area contributed by atoms with Crippen LogP contribution in [-0.2, 0) is 19.0 Å². The molecule has 230 valence electrons. The smallest absolute Gasteiger partial charge is 0.466 e. The molecule has 5 rings (SSSR count). The number of nitrogens with one attached hydrogen (secondary N) is 1. The number of esters is 1. The lowest BCUT2D eigenvalue weighted by atomic mass is 9.77. The van der Waals surface area contributed by atoms with Crippen LogP contribution in [0.4, 0.5) is 13.2 Å². The Bertz CT molecular complexity index is 1450. The minimum Gasteiger partial charge on any atom is -0.466 e. The van der Waals surface area contributed by atoms with Gasteiger partial charge in [0.2, 0.25) is 0 Å². The second-order valence-corrected chi connectivity index (χ2v) is 11.8. The molecule has 1 saturated carbocycles. The van der Waals surface area contributed by atoms with Gasteiger partial charge in [0.05, 0.1) is 17.6 Å². The number of methoxy groups -OCH3 is 1. The molecular weight excluding hydrogens is 583 g/mol. The predicted octanol–water partition coefficient (Wildman–Crippen LogP) is 6.64. The van der Waals surface area contributed by atoms with Gasteiger partial charge < -0.3 is 19.5 Å². The lowest BCUT2D eigenvalue weighted by molar-refractivity contribution is -0.303. The Morgan fingerprint density at radius 3 is 2.51 bits per heavy atom. The number of hydrogen-bond donors (Lipinski definition) is 1. The van der Waals surface area contributed by atoms with E-state index < -0.39 is 24.3 Å². The molecule has 1 fully saturated rings. The lowest BCUT2D eigenvalue weighted by Gasteiger charge is -2.28. The van der Waals surface area contributed by atoms with Crippen LogP contribution in [-0.4, -0.2) is 54.0 Å². The SMILES string of the molecule is CCOC(=O)CC1CCC(c2ccc(-c3cn4cc(C(=O)NCC5C=C(OC(F)(F)F)C=CC5OC)nc4s3)cc2)CC1. The van der Waals surface area contributed by atoms with Gasteiger partial charge in [-0.3, -0.25) is 14.0 Å². The van der Waals surface area contributed by atoms with E-state index >= 15 is 0 Å². The van der Waals surface area contributed by atoms with E-state index in [9.17, 15) is 22.8 Å². The average molecular weight is 618 g/mol. The number of amides is 1. The minimum atomic E-state index is -4.81. The molecule has 1 aromatic carbocycles. The van der Waals surface area contributed by atoms with E-state index in [0.717, 1.165) is 36.1 Å². The largest absolute Gasteiger partial charge is 0.573 e. The number of aromatic nitrogens is 2. The fourth-order valence-electron chi connectivity index (χ4n) is 5.74. The van der Waals surface area contributed by atoms with E-state index in [1.165, 1.54) is 42.2 Å². The van der Waals surface area contributed by atoms with Crippen molar-refractivity contribution < 1.29 is 37.0 Å². The van der Waals surface area contributed by atoms with Crippen molar-refractivity contribution in [2.24, 2.45) is 11.8 Å². The van der Waals surface area contributed by atoms with Crippen LogP contribution in [0.3, 0.4) is 0 Å². The first-order valence-corrected chi connectivity index (χ1v) is 15.1. The van der Waals surface area contributed by atoms with Crippen molar-refractivity contribution in [3.8, 4) is 10.4 Å². The molecule has 2 aliphatic rings. The number of carbonyl (C=O) groups is 2. The number of benzene rings is 1. The third-order valence-corrected chi connectivity index (χ3v) is 8.96. The molecule has 2 atom stereocenters. The first kappa shape index (κ1) is 30.8. The van der Waals surface area contributed by atoms with Gasteiger partial charge >= 0.3 is 12.3 Å². The van der Waals surface area contributed by atoms with E-state index in [0.29, 0.717) is 29.8 Å². The number of nitrogens with zero attached hydrogens (tertiary/aromatic N) is 2. The molecule has 2 aliphatic carbocycles. The number of allylic oxidation sites excluding steroid dienone is 1. The molecule has 1 amide bonds. The van der Waals surface area contributed by atoms with Crippen molar-refractivity contribution in [2.45, 2.75) is 57.4 Å². The first-order valence-electron chi connectivity index (χ1n) is 14.3. The number of thiazole rings is 1. The topological polar surface area (TPSA) is 91.2 Å². The Morgan fingerprint density at radius 1 is 1.12 bits per heavy atom. The van der Waals surface area contributed by atoms with E-state index in [1.807, 2.05) is 13.1 Å². The van der Waals surface area contributed by atoms with Crippen LogP contribution in [0.25, 0.3) is 15.4 Å². The van der Waals surface area contributed by atoms with Crippen molar-refractivity contribution in [3.63, 3.8) is 0 Å². The number of carbonyl (C=O) groups excluding carboxylic acids is 2. The molecule has 12 heteroatoms. The summed E-state index contributed by atoms with van der Waals surface area (Å²) in [6.45, 7) is 2.30. The number of halogens is 3. The second kappa shape index (κ2) is 13.3. The monoisotopic (exact) mass is 617 g/mol. The third kappa shape index (κ3) is 7.85. The van der Waals surface area contributed by atoms with Crippen molar-refractivity contribution in [2.75, 3.05) is 20.3 Å². The summed E-state index contributed by atoms with van der Waals surface area (Å²) >= 11 is 1.46. The Kier molecular flexibility index (Phi) is 9.55. The number of fused-ring (bicyclic) bond motifs is 1. The maximum Gasteiger partial charge on any atom is 0.573 e. The minimum absolute atomic E-state index is 0.0439. The molecular formula is C31H34F3N3O5S. The Morgan fingerprint density at radius 2 is 1.86 bits per heavy atom. The molecule has 2 unspecified atom stereocenters. The van der Waals surface area contributed by atoms with Crippen LogP contribution < -0.4 is 5.32 Å². The summed E-state index contributed by atoms with van der Waals surface area (Å²) in [5.41, 5.74) is 2.57. The van der Waals surface area contributed by atoms with Gasteiger partial charge in [-0.2, -0.15) is 0 Å². The summed E-state index contributed by atoms with van der Waals surface area (Å²) in [5, 5.41) is 2.74. The Labute approximate surface area is 251 Å². The summed E-state index contributed by atoms with van der Waals surface area (Å²) in [5.74, 6) is -0.543. The summed E-state index contributed by atoms with van der Waals surface area (Å²) in [6, 6.07) is 8.54. The maximum absolute atomic E-state index is 12.8. The molecule has 3 aromatic rings. The molecule has 2 heterocycles. The van der Waals surface area contributed by atoms with Gasteiger partial charge in [0.15, 0.2) is 4.96 Å². The Hall–Kier alpha value is -3.64. The van der Waals surface area contributed by atoms with Gasteiger partial charge in [0.1, 0.15) is 11.5 Å². The molecule has 0 radical (unpaired) electrons. The number of hydrogen-bond acceptors (Lipinski definition) is 7. The third-order valence-electron chi connectivity index (χ3n) is 7.92. The van der Waals surface area contributed by atoms with Crippen LogP contribution in [0.15, 0.2) is 60.6 Å². The maximum atomic E-state index is 12.8. The zero-order valence-corrected chi connectivity index (χ0v) is 24.7. The van der Waals surface area contributed by atoms with Gasteiger partial charge in [-0.25, -0.2) is 4.98 Å². The van der Waals surface area contributed by atoms with Gasteiger partial charge in [-0.1, -0.05) is 41.7 Å². The highest BCUT2D eigenvalue weighted by molar-refractivity contribution is 7.20. The molecule has 0 spiro atoms. The molecule has 0 bridgehead atoms. The number of imidazole rings is 1. The first-order chi connectivity index (χ1) is 20.6. The number of rotatable bonds is 10. The standard InChI is InChI=1S/C31H34F3N3O5S/c1-3-41-28(38)14-19-4-6-20(7-5-19)21-8-10-22(11-9-21)27-18-37-17-25(36-30(37)43-27)29(39)35-16-23-15-24(42-31(32,33)34)12-13-26(23)40-2/h8-13,15,17-20,23,26H,3-7,14,16H2,1-2H3,(H,35,39). The van der Waals surface area contributed by atoms with E-state index in [4.69, 9.17) is 9.47 Å².